The van der Waals surface area contributed by atoms with Gasteiger partial charge in [0.15, 0.2) is 0 Å². The van der Waals surface area contributed by atoms with E-state index < -0.39 is 5.97 Å². The molecule has 0 bridgehead atoms. The second kappa shape index (κ2) is 15.2. The summed E-state index contributed by atoms with van der Waals surface area (Å²) in [4.78, 5) is 44.1. The van der Waals surface area contributed by atoms with Crippen molar-refractivity contribution in [3.05, 3.63) is 12.7 Å². The summed E-state index contributed by atoms with van der Waals surface area (Å²) < 4.78 is 8.67. The van der Waals surface area contributed by atoms with E-state index in [0.717, 1.165) is 45.1 Å². The molecule has 8 nitrogen and oxygen atoms in total. The van der Waals surface area contributed by atoms with Gasteiger partial charge in [-0.3, -0.25) is 14.4 Å². The Morgan fingerprint density at radius 2 is 1.58 bits per heavy atom. The maximum absolute atomic E-state index is 10.9. The number of ether oxygens (including phenoxy) is 2. The lowest BCUT2D eigenvalue weighted by Crippen LogP contribution is -2.35. The molecule has 0 saturated carbocycles. The number of Topliss-reactive ketones (excluding diaryl/α,β-unsaturated/α-hetero) is 2. The summed E-state index contributed by atoms with van der Waals surface area (Å²) in [6, 6.07) is 0. The van der Waals surface area contributed by atoms with Gasteiger partial charge in [0, 0.05) is 64.5 Å². The maximum Gasteiger partial charge on any atom is 0.329 e. The predicted molar refractivity (Wildman–Crippen MR) is 96.6 cm³/mol. The number of rotatable bonds is 4. The van der Waals surface area contributed by atoms with Gasteiger partial charge in [-0.15, -0.1) is 0 Å². The summed E-state index contributed by atoms with van der Waals surface area (Å²) in [5.41, 5.74) is 0. The fraction of sp³-hybridized carbons (Fsp3) is 0.667. The molecule has 0 atom stereocenters. The number of esters is 2. The number of nitrogens with zero attached hydrogens (tertiary/aromatic N) is 1. The van der Waals surface area contributed by atoms with Crippen LogP contribution in [0.25, 0.3) is 0 Å². The van der Waals surface area contributed by atoms with E-state index in [1.54, 1.807) is 0 Å². The summed E-state index contributed by atoms with van der Waals surface area (Å²) in [6.45, 7) is 7.22. The van der Waals surface area contributed by atoms with Crippen LogP contribution < -0.4 is 5.32 Å². The number of piperidine rings is 2. The zero-order valence-corrected chi connectivity index (χ0v) is 15.8. The van der Waals surface area contributed by atoms with Crippen LogP contribution in [0.5, 0.6) is 0 Å². The molecule has 0 aromatic rings. The molecule has 0 aromatic carbocycles. The van der Waals surface area contributed by atoms with Gasteiger partial charge in [0.2, 0.25) is 0 Å². The number of nitrogens with one attached hydrogen (secondary N) is 1. The number of likely N-dealkylation sites (tertiary alicyclic amines) is 1. The average Bonchev–Trinajstić information content (AvgIpc) is 2.68. The average molecular weight is 370 g/mol. The first-order valence-corrected chi connectivity index (χ1v) is 8.66. The Hall–Kier alpha value is -2.06. The largest absolute Gasteiger partial charge is 0.469 e. The monoisotopic (exact) mass is 370 g/mol. The molecule has 1 N–H and O–H groups in total. The molecule has 2 saturated heterocycles. The van der Waals surface area contributed by atoms with E-state index in [0.29, 0.717) is 37.4 Å². The first-order chi connectivity index (χ1) is 12.4. The Kier molecular flexibility index (Phi) is 14.0. The highest BCUT2D eigenvalue weighted by atomic mass is 16.5. The first kappa shape index (κ1) is 23.9. The van der Waals surface area contributed by atoms with Crippen molar-refractivity contribution in [3.63, 3.8) is 0 Å². The van der Waals surface area contributed by atoms with Gasteiger partial charge in [0.05, 0.1) is 20.6 Å². The van der Waals surface area contributed by atoms with Crippen molar-refractivity contribution in [2.45, 2.75) is 32.1 Å². The molecule has 0 amide bonds. The molecule has 26 heavy (non-hydrogen) atoms. The topological polar surface area (TPSA) is 102 Å². The van der Waals surface area contributed by atoms with Crippen molar-refractivity contribution in [2.24, 2.45) is 0 Å². The van der Waals surface area contributed by atoms with Crippen LogP contribution in [0.1, 0.15) is 32.1 Å². The van der Waals surface area contributed by atoms with Crippen molar-refractivity contribution in [3.8, 4) is 0 Å². The Morgan fingerprint density at radius 3 is 1.92 bits per heavy atom. The minimum Gasteiger partial charge on any atom is -0.469 e. The Morgan fingerprint density at radius 1 is 1.04 bits per heavy atom. The molecular formula is C18H30N2O6. The summed E-state index contributed by atoms with van der Waals surface area (Å²) >= 11 is 0. The zero-order chi connectivity index (χ0) is 19.8. The minimum atomic E-state index is -0.394. The zero-order valence-electron chi connectivity index (χ0n) is 15.8. The first-order valence-electron chi connectivity index (χ1n) is 8.66. The molecule has 2 aliphatic heterocycles. The third-order valence-electron chi connectivity index (χ3n) is 3.80. The third kappa shape index (κ3) is 13.3. The summed E-state index contributed by atoms with van der Waals surface area (Å²) in [5.74, 6) is 0.153. The van der Waals surface area contributed by atoms with Gasteiger partial charge in [-0.2, -0.15) is 0 Å². The molecule has 2 heterocycles. The van der Waals surface area contributed by atoms with Gasteiger partial charge >= 0.3 is 11.9 Å². The van der Waals surface area contributed by atoms with Crippen LogP contribution in [0.4, 0.5) is 0 Å². The maximum atomic E-state index is 10.9. The molecule has 0 aliphatic carbocycles. The summed E-state index contributed by atoms with van der Waals surface area (Å²) in [6.07, 6.45) is 4.26. The fourth-order valence-electron chi connectivity index (χ4n) is 2.17. The molecular weight excluding hydrogens is 340 g/mol. The highest BCUT2D eigenvalue weighted by molar-refractivity contribution is 5.81. The van der Waals surface area contributed by atoms with Gasteiger partial charge < -0.3 is 19.7 Å². The van der Waals surface area contributed by atoms with Crippen LogP contribution >= 0.6 is 0 Å². The van der Waals surface area contributed by atoms with Crippen molar-refractivity contribution >= 4 is 23.5 Å². The van der Waals surface area contributed by atoms with Crippen LogP contribution in [0, 0.1) is 0 Å². The standard InChI is InChI=1S/C9H15NO3.C5H9NO.C4H6O2/c1-13-9(12)4-7-10-5-2-8(11)3-6-10;7-5-1-3-6-4-2-5;1-3-4(5)6-2/h2-7H2,1H3;6H,1-4H2;3H,1H2,2H3. The molecule has 0 unspecified atom stereocenters. The highest BCUT2D eigenvalue weighted by Crippen LogP contribution is 2.05. The van der Waals surface area contributed by atoms with E-state index in [9.17, 15) is 19.2 Å². The Bertz CT molecular complexity index is 460. The lowest BCUT2D eigenvalue weighted by Gasteiger charge is -2.24. The van der Waals surface area contributed by atoms with Crippen molar-refractivity contribution in [2.75, 3.05) is 46.9 Å². The second-order valence-electron chi connectivity index (χ2n) is 5.72. The Balaban J connectivity index is 0.000000405. The molecule has 2 rings (SSSR count). The number of hydrogen-bond donors (Lipinski definition) is 1. The summed E-state index contributed by atoms with van der Waals surface area (Å²) in [5, 5.41) is 3.09. The van der Waals surface area contributed by atoms with Gasteiger partial charge in [-0.25, -0.2) is 4.79 Å². The Labute approximate surface area is 154 Å². The van der Waals surface area contributed by atoms with Crippen LogP contribution in [0.15, 0.2) is 12.7 Å². The van der Waals surface area contributed by atoms with Gasteiger partial charge in [0.25, 0.3) is 0 Å². The molecule has 148 valence electrons. The van der Waals surface area contributed by atoms with E-state index in [-0.39, 0.29) is 5.97 Å². The molecule has 0 radical (unpaired) electrons. The van der Waals surface area contributed by atoms with Gasteiger partial charge in [0.1, 0.15) is 11.6 Å². The number of carbonyl (C=O) groups excluding carboxylic acids is 4. The van der Waals surface area contributed by atoms with Gasteiger partial charge in [-0.1, -0.05) is 6.58 Å². The van der Waals surface area contributed by atoms with E-state index in [1.807, 2.05) is 0 Å². The molecule has 2 aliphatic rings. The number of methoxy groups -OCH3 is 2. The minimum absolute atomic E-state index is 0.183. The van der Waals surface area contributed by atoms with Crippen molar-refractivity contribution < 1.29 is 28.7 Å². The van der Waals surface area contributed by atoms with Crippen LogP contribution in [-0.2, 0) is 28.7 Å². The summed E-state index contributed by atoms with van der Waals surface area (Å²) in [7, 11) is 2.70. The van der Waals surface area contributed by atoms with Gasteiger partial charge in [-0.05, 0) is 0 Å². The van der Waals surface area contributed by atoms with E-state index in [2.05, 4.69) is 26.3 Å². The van der Waals surface area contributed by atoms with E-state index >= 15 is 0 Å². The van der Waals surface area contributed by atoms with E-state index in [1.165, 1.54) is 14.2 Å². The molecule has 0 aromatic heterocycles. The number of hydrogen-bond acceptors (Lipinski definition) is 8. The van der Waals surface area contributed by atoms with Crippen LogP contribution in [-0.4, -0.2) is 75.3 Å². The molecule has 0 spiro atoms. The van der Waals surface area contributed by atoms with Crippen molar-refractivity contribution in [1.29, 1.82) is 0 Å². The fourth-order valence-corrected chi connectivity index (χ4v) is 2.17. The number of ketones is 2. The number of carbonyl (C=O) groups is 4. The highest BCUT2D eigenvalue weighted by Gasteiger charge is 2.16. The second-order valence-corrected chi connectivity index (χ2v) is 5.72. The van der Waals surface area contributed by atoms with E-state index in [4.69, 9.17) is 0 Å². The predicted octanol–water partition coefficient (Wildman–Crippen LogP) is 0.499. The lowest BCUT2D eigenvalue weighted by atomic mass is 10.1. The SMILES string of the molecule is C=CC(=O)OC.COC(=O)CCN1CCC(=O)CC1.O=C1CCNCC1. The molecule has 2 fully saturated rings. The lowest BCUT2D eigenvalue weighted by molar-refractivity contribution is -0.141. The normalized spacial score (nSPS) is 17.0. The quantitative estimate of drug-likeness (QED) is 0.564. The van der Waals surface area contributed by atoms with Crippen molar-refractivity contribution in [1.82, 2.24) is 10.2 Å². The third-order valence-corrected chi connectivity index (χ3v) is 3.80. The molecule has 8 heteroatoms. The van der Waals surface area contributed by atoms with Crippen LogP contribution in [0.2, 0.25) is 0 Å². The van der Waals surface area contributed by atoms with Crippen LogP contribution in [0.3, 0.4) is 0 Å². The smallest absolute Gasteiger partial charge is 0.329 e.